The predicted molar refractivity (Wildman–Crippen MR) is 283 cm³/mol. The highest BCUT2D eigenvalue weighted by Crippen LogP contribution is 2.52. The van der Waals surface area contributed by atoms with Crippen LogP contribution in [0.4, 0.5) is 11.4 Å². The molecule has 1 aliphatic heterocycles. The highest BCUT2D eigenvalue weighted by atomic mass is 15.2. The lowest BCUT2D eigenvalue weighted by atomic mass is 9.89. The standard InChI is InChI=1S/C65H44N2/c1-2-19-50(20-3-1)67-64-30-11-10-25-60(64)61-29-14-27-55(65(61)67)46-33-37-48(38-34-46)63-42-49(41-62(66-63)47-35-31-45(32-36-47)52-26-12-17-43-15-4-6-21-51(43)52)54-39-40-59(58-24-9-8-23-56(54)58)57-28-13-18-44-16-5-7-22-53(44)57/h1-42,60,64H. The van der Waals surface area contributed by atoms with E-state index in [1.807, 2.05) is 0 Å². The summed E-state index contributed by atoms with van der Waals surface area (Å²) < 4.78 is 0. The first-order valence-corrected chi connectivity index (χ1v) is 23.3. The smallest absolute Gasteiger partial charge is 0.0715 e. The number of fused-ring (bicyclic) bond motifs is 6. The Kier molecular flexibility index (Phi) is 9.35. The third-order valence-electron chi connectivity index (χ3n) is 14.0. The van der Waals surface area contributed by atoms with Gasteiger partial charge in [-0.1, -0.05) is 231 Å². The molecule has 0 saturated carbocycles. The van der Waals surface area contributed by atoms with Crippen molar-refractivity contribution >= 4 is 43.7 Å². The van der Waals surface area contributed by atoms with Gasteiger partial charge in [-0.25, -0.2) is 4.98 Å². The van der Waals surface area contributed by atoms with E-state index in [4.69, 9.17) is 4.98 Å². The van der Waals surface area contributed by atoms with Crippen molar-refractivity contribution in [2.75, 3.05) is 4.90 Å². The Bertz CT molecular complexity index is 3740. The van der Waals surface area contributed by atoms with Gasteiger partial charge in [0.25, 0.3) is 0 Å². The first-order valence-electron chi connectivity index (χ1n) is 23.3. The zero-order chi connectivity index (χ0) is 44.3. The minimum atomic E-state index is 0.228. The van der Waals surface area contributed by atoms with Crippen molar-refractivity contribution in [3.8, 4) is 67.0 Å². The Hall–Kier alpha value is -8.59. The molecule has 0 radical (unpaired) electrons. The molecule has 0 spiro atoms. The summed E-state index contributed by atoms with van der Waals surface area (Å²) in [5, 5.41) is 7.43. The lowest BCUT2D eigenvalue weighted by Gasteiger charge is -2.29. The maximum atomic E-state index is 5.47. The molecule has 2 heteroatoms. The van der Waals surface area contributed by atoms with Crippen molar-refractivity contribution in [2.45, 2.75) is 12.0 Å². The molecule has 0 N–H and O–H groups in total. The van der Waals surface area contributed by atoms with Crippen LogP contribution in [0.3, 0.4) is 0 Å². The molecule has 0 amide bonds. The average Bonchev–Trinajstić information content (AvgIpc) is 3.75. The third kappa shape index (κ3) is 6.68. The number of rotatable bonds is 7. The van der Waals surface area contributed by atoms with Gasteiger partial charge in [0.05, 0.1) is 23.1 Å². The van der Waals surface area contributed by atoms with E-state index >= 15 is 0 Å². The largest absolute Gasteiger partial charge is 0.333 e. The van der Waals surface area contributed by atoms with Crippen molar-refractivity contribution in [1.29, 1.82) is 0 Å². The molecule has 1 aromatic heterocycles. The van der Waals surface area contributed by atoms with E-state index in [1.54, 1.807) is 0 Å². The van der Waals surface area contributed by atoms with Crippen molar-refractivity contribution in [2.24, 2.45) is 0 Å². The van der Waals surface area contributed by atoms with Gasteiger partial charge < -0.3 is 4.90 Å². The topological polar surface area (TPSA) is 16.1 Å². The Labute approximate surface area is 391 Å². The number of allylic oxidation sites excluding steroid dienone is 2. The summed E-state index contributed by atoms with van der Waals surface area (Å²) in [6, 6.07) is 84.4. The summed E-state index contributed by atoms with van der Waals surface area (Å²) in [6.07, 6.45) is 9.08. The highest BCUT2D eigenvalue weighted by Gasteiger charge is 2.39. The second-order valence-electron chi connectivity index (χ2n) is 17.8. The Morgan fingerprint density at radius 1 is 0.328 bits per heavy atom. The van der Waals surface area contributed by atoms with Crippen LogP contribution in [0.2, 0.25) is 0 Å². The third-order valence-corrected chi connectivity index (χ3v) is 14.0. The van der Waals surface area contributed by atoms with Crippen LogP contribution in [-0.2, 0) is 0 Å². The fourth-order valence-electron chi connectivity index (χ4n) is 10.8. The quantitative estimate of drug-likeness (QED) is 0.159. The number of hydrogen-bond acceptors (Lipinski definition) is 2. The molecule has 2 unspecified atom stereocenters. The molecule has 2 atom stereocenters. The Morgan fingerprint density at radius 3 is 1.48 bits per heavy atom. The van der Waals surface area contributed by atoms with Crippen LogP contribution in [0, 0.1) is 0 Å². The van der Waals surface area contributed by atoms with Crippen LogP contribution in [0.1, 0.15) is 11.5 Å². The second-order valence-corrected chi connectivity index (χ2v) is 17.8. The van der Waals surface area contributed by atoms with Gasteiger partial charge in [-0.15, -0.1) is 0 Å². The molecule has 2 aliphatic rings. The fraction of sp³-hybridized carbons (Fsp3) is 0.0308. The van der Waals surface area contributed by atoms with Crippen molar-refractivity contribution < 1.29 is 0 Å². The van der Waals surface area contributed by atoms with E-state index < -0.39 is 0 Å². The van der Waals surface area contributed by atoms with E-state index in [1.165, 1.54) is 88.2 Å². The monoisotopic (exact) mass is 852 g/mol. The maximum absolute atomic E-state index is 5.47. The van der Waals surface area contributed by atoms with Gasteiger partial charge in [-0.05, 0) is 101 Å². The van der Waals surface area contributed by atoms with Crippen LogP contribution in [0.15, 0.2) is 255 Å². The van der Waals surface area contributed by atoms with E-state index in [-0.39, 0.29) is 6.04 Å². The first kappa shape index (κ1) is 38.8. The van der Waals surface area contributed by atoms with E-state index in [9.17, 15) is 0 Å². The SMILES string of the molecule is C1=CC2c3cccc(-c4ccc(-c5cc(-c6ccc(-c7cccc8ccccc78)c7ccccc67)cc(-c6ccc(-c7cccc8ccccc78)cc6)n5)cc4)c3N(c3ccccc3)C2C=C1. The molecule has 13 rings (SSSR count). The number of aromatic nitrogens is 1. The summed E-state index contributed by atoms with van der Waals surface area (Å²) in [5.41, 5.74) is 17.5. The van der Waals surface area contributed by atoms with Crippen molar-refractivity contribution in [1.82, 2.24) is 4.98 Å². The summed E-state index contributed by atoms with van der Waals surface area (Å²) in [6.45, 7) is 0. The van der Waals surface area contributed by atoms with Crippen molar-refractivity contribution in [3.05, 3.63) is 260 Å². The van der Waals surface area contributed by atoms with Gasteiger partial charge >= 0.3 is 0 Å². The molecule has 67 heavy (non-hydrogen) atoms. The molecule has 2 heterocycles. The van der Waals surface area contributed by atoms with Gasteiger partial charge in [0.15, 0.2) is 0 Å². The molecule has 314 valence electrons. The van der Waals surface area contributed by atoms with Gasteiger partial charge in [0.2, 0.25) is 0 Å². The number of benzene rings is 10. The fourth-order valence-corrected chi connectivity index (χ4v) is 10.8. The van der Waals surface area contributed by atoms with Crippen LogP contribution in [0.5, 0.6) is 0 Å². The van der Waals surface area contributed by atoms with Crippen molar-refractivity contribution in [3.63, 3.8) is 0 Å². The maximum Gasteiger partial charge on any atom is 0.0715 e. The predicted octanol–water partition coefficient (Wildman–Crippen LogP) is 17.3. The number of pyridine rings is 1. The molecule has 0 fully saturated rings. The number of nitrogens with zero attached hydrogens (tertiary/aromatic N) is 2. The normalized spacial score (nSPS) is 15.0. The minimum Gasteiger partial charge on any atom is -0.333 e. The van der Waals surface area contributed by atoms with E-state index in [0.29, 0.717) is 5.92 Å². The molecule has 0 bridgehead atoms. The first-order chi connectivity index (χ1) is 33.2. The number of anilines is 2. The molecule has 1 aliphatic carbocycles. The summed E-state index contributed by atoms with van der Waals surface area (Å²) in [4.78, 5) is 8.00. The Morgan fingerprint density at radius 2 is 0.791 bits per heavy atom. The van der Waals surface area contributed by atoms with Crippen LogP contribution in [0.25, 0.3) is 99.3 Å². The van der Waals surface area contributed by atoms with Gasteiger partial charge in [-0.3, -0.25) is 0 Å². The van der Waals surface area contributed by atoms with Gasteiger partial charge in [-0.2, -0.15) is 0 Å². The summed E-state index contributed by atoms with van der Waals surface area (Å²) in [7, 11) is 0. The molecular formula is C65H44N2. The molecular weight excluding hydrogens is 809 g/mol. The van der Waals surface area contributed by atoms with E-state index in [2.05, 4.69) is 260 Å². The lowest BCUT2D eigenvalue weighted by molar-refractivity contribution is 0.745. The molecule has 0 saturated heterocycles. The zero-order valence-electron chi connectivity index (χ0n) is 36.8. The van der Waals surface area contributed by atoms with Crippen LogP contribution < -0.4 is 4.90 Å². The molecule has 11 aromatic rings. The second kappa shape index (κ2) is 16.1. The highest BCUT2D eigenvalue weighted by molar-refractivity contribution is 6.10. The summed E-state index contributed by atoms with van der Waals surface area (Å²) in [5.74, 6) is 0.295. The van der Waals surface area contributed by atoms with E-state index in [0.717, 1.165) is 28.1 Å². The lowest BCUT2D eigenvalue weighted by Crippen LogP contribution is -2.28. The molecule has 10 aromatic carbocycles. The van der Waals surface area contributed by atoms with Gasteiger partial charge in [0, 0.05) is 28.3 Å². The number of hydrogen-bond donors (Lipinski definition) is 0. The number of para-hydroxylation sites is 2. The Balaban J connectivity index is 0.943. The molecule has 2 nitrogen and oxygen atoms in total. The summed E-state index contributed by atoms with van der Waals surface area (Å²) >= 11 is 0. The van der Waals surface area contributed by atoms with Crippen LogP contribution in [-0.4, -0.2) is 11.0 Å². The van der Waals surface area contributed by atoms with Crippen LogP contribution >= 0.6 is 0 Å². The minimum absolute atomic E-state index is 0.228. The van der Waals surface area contributed by atoms with Gasteiger partial charge in [0.1, 0.15) is 0 Å². The zero-order valence-corrected chi connectivity index (χ0v) is 36.8. The average molecular weight is 853 g/mol.